The average molecular weight is 575 g/mol. The monoisotopic (exact) mass is 573 g/mol. The van der Waals surface area contributed by atoms with Crippen LogP contribution in [0.5, 0.6) is 11.5 Å². The Balaban J connectivity index is 1.70. The minimum atomic E-state index is -0.289. The van der Waals surface area contributed by atoms with E-state index in [2.05, 4.69) is 33.4 Å². The zero-order valence-corrected chi connectivity index (χ0v) is 22.9. The largest absolute Gasteiger partial charge is 0.493 e. The van der Waals surface area contributed by atoms with E-state index in [1.165, 1.54) is 11.3 Å². The standard InChI is InChI=1S/C29H24BrN3O3S/c1-16-8-10-17(11-9-16)22-15-19(18-12-13-23(35-2)24(14-18)36-3)25-26(31)27(37-29(25)33-22)28(34)32-21-7-5-4-6-20(21)30/h4-15H,31H2,1-3H3,(H,32,34). The molecule has 0 bridgehead atoms. The SMILES string of the molecule is COc1ccc(-c2cc(-c3ccc(C)cc3)nc3sc(C(=O)Nc4ccccc4Br)c(N)c23)cc1OC. The molecule has 0 fully saturated rings. The summed E-state index contributed by atoms with van der Waals surface area (Å²) in [6.07, 6.45) is 0. The Morgan fingerprint density at radius 3 is 2.35 bits per heavy atom. The summed E-state index contributed by atoms with van der Waals surface area (Å²) >= 11 is 4.76. The third-order valence-corrected chi connectivity index (χ3v) is 7.86. The molecule has 2 heterocycles. The number of hydrogen-bond donors (Lipinski definition) is 2. The lowest BCUT2D eigenvalue weighted by molar-refractivity contribution is 0.103. The van der Waals surface area contributed by atoms with E-state index < -0.39 is 0 Å². The number of nitrogens with two attached hydrogens (primary N) is 1. The number of pyridine rings is 1. The molecule has 186 valence electrons. The second-order valence-electron chi connectivity index (χ2n) is 8.45. The maximum absolute atomic E-state index is 13.3. The number of para-hydroxylation sites is 1. The van der Waals surface area contributed by atoms with Crippen molar-refractivity contribution in [3.8, 4) is 33.9 Å². The number of anilines is 2. The molecule has 0 saturated carbocycles. The van der Waals surface area contributed by atoms with Crippen LogP contribution >= 0.6 is 27.3 Å². The van der Waals surface area contributed by atoms with Gasteiger partial charge in [0.1, 0.15) is 9.71 Å². The number of amides is 1. The smallest absolute Gasteiger partial charge is 0.267 e. The summed E-state index contributed by atoms with van der Waals surface area (Å²) in [6, 6.07) is 23.4. The van der Waals surface area contributed by atoms with Gasteiger partial charge in [0.2, 0.25) is 0 Å². The minimum absolute atomic E-state index is 0.289. The highest BCUT2D eigenvalue weighted by Gasteiger charge is 2.23. The lowest BCUT2D eigenvalue weighted by atomic mass is 9.98. The third kappa shape index (κ3) is 4.77. The normalized spacial score (nSPS) is 10.9. The summed E-state index contributed by atoms with van der Waals surface area (Å²) in [5, 5.41) is 3.68. The number of rotatable bonds is 6. The van der Waals surface area contributed by atoms with E-state index in [1.807, 2.05) is 67.6 Å². The molecule has 5 aromatic rings. The third-order valence-electron chi connectivity index (χ3n) is 6.07. The summed E-state index contributed by atoms with van der Waals surface area (Å²) in [6.45, 7) is 2.05. The lowest BCUT2D eigenvalue weighted by Crippen LogP contribution is -2.12. The number of carbonyl (C=O) groups excluding carboxylic acids is 1. The van der Waals surface area contributed by atoms with Crippen molar-refractivity contribution in [2.24, 2.45) is 0 Å². The molecule has 8 heteroatoms. The predicted octanol–water partition coefficient (Wildman–Crippen LogP) is 7.55. The summed E-state index contributed by atoms with van der Waals surface area (Å²) in [4.78, 5) is 19.3. The number of thiophene rings is 1. The Hall–Kier alpha value is -3.88. The molecule has 3 aromatic carbocycles. The molecule has 1 amide bonds. The van der Waals surface area contributed by atoms with Crippen molar-refractivity contribution in [2.45, 2.75) is 6.92 Å². The first-order valence-electron chi connectivity index (χ1n) is 11.5. The maximum atomic E-state index is 13.3. The first-order chi connectivity index (χ1) is 17.9. The molecule has 2 aromatic heterocycles. The number of aromatic nitrogens is 1. The second kappa shape index (κ2) is 10.2. The zero-order chi connectivity index (χ0) is 26.1. The summed E-state index contributed by atoms with van der Waals surface area (Å²) in [5.41, 5.74) is 12.4. The van der Waals surface area contributed by atoms with Crippen LogP contribution in [0.1, 0.15) is 15.2 Å². The molecule has 5 rings (SSSR count). The fraction of sp³-hybridized carbons (Fsp3) is 0.103. The van der Waals surface area contributed by atoms with Gasteiger partial charge in [-0.2, -0.15) is 0 Å². The van der Waals surface area contributed by atoms with Crippen molar-refractivity contribution in [1.82, 2.24) is 4.98 Å². The first-order valence-corrected chi connectivity index (χ1v) is 13.1. The Kier molecular flexibility index (Phi) is 6.86. The van der Waals surface area contributed by atoms with E-state index in [9.17, 15) is 4.79 Å². The number of carbonyl (C=O) groups is 1. The van der Waals surface area contributed by atoms with Gasteiger partial charge in [0.05, 0.1) is 31.3 Å². The van der Waals surface area contributed by atoms with Crippen LogP contribution in [0.4, 0.5) is 11.4 Å². The molecular formula is C29H24BrN3O3S. The van der Waals surface area contributed by atoms with Gasteiger partial charge in [0.25, 0.3) is 5.91 Å². The van der Waals surface area contributed by atoms with Crippen LogP contribution in [0.2, 0.25) is 0 Å². The quantitative estimate of drug-likeness (QED) is 0.219. The van der Waals surface area contributed by atoms with Crippen molar-refractivity contribution in [3.63, 3.8) is 0 Å². The van der Waals surface area contributed by atoms with Crippen LogP contribution in [-0.4, -0.2) is 25.1 Å². The highest BCUT2D eigenvalue weighted by atomic mass is 79.9. The molecule has 0 atom stereocenters. The Labute approximate surface area is 227 Å². The van der Waals surface area contributed by atoms with Crippen LogP contribution in [0.15, 0.2) is 77.3 Å². The molecule has 0 saturated heterocycles. The second-order valence-corrected chi connectivity index (χ2v) is 10.3. The van der Waals surface area contributed by atoms with E-state index in [-0.39, 0.29) is 5.91 Å². The minimum Gasteiger partial charge on any atom is -0.493 e. The van der Waals surface area contributed by atoms with E-state index in [0.29, 0.717) is 32.6 Å². The van der Waals surface area contributed by atoms with Crippen molar-refractivity contribution >= 4 is 54.8 Å². The number of nitrogen functional groups attached to an aromatic ring is 1. The molecule has 0 spiro atoms. The molecule has 0 aliphatic rings. The molecule has 0 aliphatic carbocycles. The highest BCUT2D eigenvalue weighted by Crippen LogP contribution is 2.43. The van der Waals surface area contributed by atoms with Crippen LogP contribution < -0.4 is 20.5 Å². The first kappa shape index (κ1) is 24.8. The summed E-state index contributed by atoms with van der Waals surface area (Å²) < 4.78 is 11.8. The number of hydrogen-bond acceptors (Lipinski definition) is 6. The van der Waals surface area contributed by atoms with Gasteiger partial charge in [0.15, 0.2) is 11.5 Å². The van der Waals surface area contributed by atoms with Gasteiger partial charge in [-0.05, 0) is 64.3 Å². The van der Waals surface area contributed by atoms with Gasteiger partial charge >= 0.3 is 0 Å². The molecule has 6 nitrogen and oxygen atoms in total. The van der Waals surface area contributed by atoms with Crippen LogP contribution in [-0.2, 0) is 0 Å². The van der Waals surface area contributed by atoms with E-state index in [4.69, 9.17) is 20.2 Å². The molecular weight excluding hydrogens is 550 g/mol. The van der Waals surface area contributed by atoms with Crippen LogP contribution in [0, 0.1) is 6.92 Å². The Morgan fingerprint density at radius 1 is 0.946 bits per heavy atom. The van der Waals surface area contributed by atoms with Crippen LogP contribution in [0.3, 0.4) is 0 Å². The number of methoxy groups -OCH3 is 2. The lowest BCUT2D eigenvalue weighted by Gasteiger charge is -2.12. The fourth-order valence-corrected chi connectivity index (χ4v) is 5.53. The number of halogens is 1. The Bertz CT molecular complexity index is 1630. The number of aryl methyl sites for hydroxylation is 1. The number of ether oxygens (including phenoxy) is 2. The molecule has 3 N–H and O–H groups in total. The van der Waals surface area contributed by atoms with Gasteiger partial charge in [0, 0.05) is 15.4 Å². The van der Waals surface area contributed by atoms with Crippen molar-refractivity contribution in [2.75, 3.05) is 25.3 Å². The maximum Gasteiger partial charge on any atom is 0.267 e. The van der Waals surface area contributed by atoms with Crippen LogP contribution in [0.25, 0.3) is 32.6 Å². The molecule has 37 heavy (non-hydrogen) atoms. The van der Waals surface area contributed by atoms with Crippen molar-refractivity contribution in [1.29, 1.82) is 0 Å². The number of fused-ring (bicyclic) bond motifs is 1. The van der Waals surface area contributed by atoms with Gasteiger partial charge in [-0.15, -0.1) is 11.3 Å². The van der Waals surface area contributed by atoms with Crippen molar-refractivity contribution in [3.05, 3.63) is 87.7 Å². The molecule has 0 unspecified atom stereocenters. The number of benzene rings is 3. The van der Waals surface area contributed by atoms with Crippen molar-refractivity contribution < 1.29 is 14.3 Å². The molecule has 0 aliphatic heterocycles. The van der Waals surface area contributed by atoms with E-state index in [1.54, 1.807) is 14.2 Å². The fourth-order valence-electron chi connectivity index (χ4n) is 4.13. The van der Waals surface area contributed by atoms with Gasteiger partial charge in [-0.3, -0.25) is 4.79 Å². The van der Waals surface area contributed by atoms with Gasteiger partial charge in [-0.1, -0.05) is 48.0 Å². The van der Waals surface area contributed by atoms with E-state index >= 15 is 0 Å². The molecule has 0 radical (unpaired) electrons. The van der Waals surface area contributed by atoms with E-state index in [0.717, 1.165) is 37.8 Å². The zero-order valence-electron chi connectivity index (χ0n) is 20.5. The predicted molar refractivity (Wildman–Crippen MR) is 155 cm³/mol. The summed E-state index contributed by atoms with van der Waals surface area (Å²) in [5.74, 6) is 0.937. The topological polar surface area (TPSA) is 86.5 Å². The summed E-state index contributed by atoms with van der Waals surface area (Å²) in [7, 11) is 3.20. The number of nitrogens with zero attached hydrogens (tertiary/aromatic N) is 1. The van der Waals surface area contributed by atoms with Gasteiger partial charge < -0.3 is 20.5 Å². The van der Waals surface area contributed by atoms with Gasteiger partial charge in [-0.25, -0.2) is 4.98 Å². The average Bonchev–Trinajstić information content (AvgIpc) is 3.25. The highest BCUT2D eigenvalue weighted by molar-refractivity contribution is 9.10. The number of nitrogens with one attached hydrogen (secondary N) is 1. The Morgan fingerprint density at radius 2 is 1.65 bits per heavy atom.